The molecule has 20 heavy (non-hydrogen) atoms. The number of hydrogen-bond acceptors (Lipinski definition) is 5. The van der Waals surface area contributed by atoms with Gasteiger partial charge in [0.05, 0.1) is 27.1 Å². The van der Waals surface area contributed by atoms with Gasteiger partial charge in [-0.1, -0.05) is 0 Å². The van der Waals surface area contributed by atoms with Gasteiger partial charge in [0.25, 0.3) is 0 Å². The summed E-state index contributed by atoms with van der Waals surface area (Å²) in [5.74, 6) is -0.357. The standard InChI is InChI=1S/C8H10O2.C5H8O4S/c1-9-7-3-5-8(10-2)6-4-7;6-4(7)1-3(10)2-5(8)9/h3-6H,1-2H3;3,10H,1-2H2,(H,6,7)(H,8,9). The summed E-state index contributed by atoms with van der Waals surface area (Å²) in [6.07, 6.45) is -0.426. The van der Waals surface area contributed by atoms with E-state index < -0.39 is 17.2 Å². The number of methoxy groups -OCH3 is 2. The number of thiol groups is 1. The number of aliphatic carboxylic acids is 2. The summed E-state index contributed by atoms with van der Waals surface area (Å²) in [5, 5.41) is 15.7. The van der Waals surface area contributed by atoms with Crippen LogP contribution in [0.4, 0.5) is 0 Å². The van der Waals surface area contributed by atoms with E-state index in [-0.39, 0.29) is 12.8 Å². The first-order valence-corrected chi connectivity index (χ1v) is 6.20. The van der Waals surface area contributed by atoms with E-state index in [1.54, 1.807) is 14.2 Å². The zero-order chi connectivity index (χ0) is 15.5. The van der Waals surface area contributed by atoms with Crippen molar-refractivity contribution in [3.63, 3.8) is 0 Å². The smallest absolute Gasteiger partial charge is 0.304 e. The van der Waals surface area contributed by atoms with Crippen molar-refractivity contribution in [3.05, 3.63) is 24.3 Å². The molecule has 0 radical (unpaired) electrons. The molecule has 0 aliphatic carbocycles. The van der Waals surface area contributed by atoms with Crippen LogP contribution in [0.25, 0.3) is 0 Å². The molecule has 0 bridgehead atoms. The third-order valence-electron chi connectivity index (χ3n) is 2.12. The zero-order valence-corrected chi connectivity index (χ0v) is 12.2. The molecule has 1 aromatic carbocycles. The predicted octanol–water partition coefficient (Wildman–Crippen LogP) is 1.94. The average Bonchev–Trinajstić information content (AvgIpc) is 2.37. The van der Waals surface area contributed by atoms with Crippen LogP contribution in [0.3, 0.4) is 0 Å². The van der Waals surface area contributed by atoms with Gasteiger partial charge in [-0.25, -0.2) is 0 Å². The number of carbonyl (C=O) groups is 2. The van der Waals surface area contributed by atoms with E-state index in [9.17, 15) is 9.59 Å². The number of carboxylic acid groups (broad SMARTS) is 2. The molecule has 0 aliphatic rings. The highest BCUT2D eigenvalue weighted by Gasteiger charge is 2.11. The normalized spacial score (nSPS) is 9.40. The summed E-state index contributed by atoms with van der Waals surface area (Å²) < 4.78 is 9.92. The Morgan fingerprint density at radius 1 is 1.00 bits per heavy atom. The molecule has 0 unspecified atom stereocenters. The fourth-order valence-corrected chi connectivity index (χ4v) is 1.50. The van der Waals surface area contributed by atoms with Crippen LogP contribution < -0.4 is 9.47 Å². The third kappa shape index (κ3) is 9.09. The average molecular weight is 302 g/mol. The molecule has 0 saturated carbocycles. The maximum atomic E-state index is 9.95. The van der Waals surface area contributed by atoms with E-state index in [1.807, 2.05) is 24.3 Å². The van der Waals surface area contributed by atoms with Crippen molar-refractivity contribution in [2.24, 2.45) is 0 Å². The summed E-state index contributed by atoms with van der Waals surface area (Å²) in [4.78, 5) is 19.9. The monoisotopic (exact) mass is 302 g/mol. The second-order valence-electron chi connectivity index (χ2n) is 3.73. The van der Waals surface area contributed by atoms with Gasteiger partial charge >= 0.3 is 11.9 Å². The lowest BCUT2D eigenvalue weighted by Gasteiger charge is -2.01. The summed E-state index contributed by atoms with van der Waals surface area (Å²) in [5.41, 5.74) is 0. The third-order valence-corrected chi connectivity index (χ3v) is 2.48. The van der Waals surface area contributed by atoms with Crippen LogP contribution in [0.1, 0.15) is 12.8 Å². The zero-order valence-electron chi connectivity index (χ0n) is 11.3. The van der Waals surface area contributed by atoms with Crippen LogP contribution in [-0.2, 0) is 9.59 Å². The highest BCUT2D eigenvalue weighted by atomic mass is 32.1. The van der Waals surface area contributed by atoms with Crippen molar-refractivity contribution in [2.75, 3.05) is 14.2 Å². The summed E-state index contributed by atoms with van der Waals surface area (Å²) in [7, 11) is 3.28. The molecule has 0 atom stereocenters. The molecule has 6 nitrogen and oxygen atoms in total. The molecule has 0 spiro atoms. The van der Waals surface area contributed by atoms with Crippen molar-refractivity contribution in [1.29, 1.82) is 0 Å². The van der Waals surface area contributed by atoms with E-state index in [4.69, 9.17) is 19.7 Å². The maximum absolute atomic E-state index is 9.95. The Bertz CT molecular complexity index is 378. The molecule has 112 valence electrons. The van der Waals surface area contributed by atoms with Crippen LogP contribution >= 0.6 is 12.6 Å². The number of hydrogen-bond donors (Lipinski definition) is 3. The minimum atomic E-state index is -1.03. The Morgan fingerprint density at radius 3 is 1.50 bits per heavy atom. The minimum absolute atomic E-state index is 0.213. The molecule has 0 aromatic heterocycles. The molecule has 0 aliphatic heterocycles. The van der Waals surface area contributed by atoms with Crippen molar-refractivity contribution < 1.29 is 29.3 Å². The van der Waals surface area contributed by atoms with Crippen LogP contribution in [0, 0.1) is 0 Å². The topological polar surface area (TPSA) is 93.1 Å². The fourth-order valence-electron chi connectivity index (χ4n) is 1.19. The van der Waals surface area contributed by atoms with Crippen molar-refractivity contribution in [2.45, 2.75) is 18.1 Å². The van der Waals surface area contributed by atoms with Gasteiger partial charge in [0.15, 0.2) is 0 Å². The van der Waals surface area contributed by atoms with Crippen LogP contribution in [0.2, 0.25) is 0 Å². The van der Waals surface area contributed by atoms with Gasteiger partial charge in [-0.2, -0.15) is 12.6 Å². The lowest BCUT2D eigenvalue weighted by atomic mass is 10.2. The minimum Gasteiger partial charge on any atom is -0.497 e. The second kappa shape index (κ2) is 9.96. The van der Waals surface area contributed by atoms with E-state index in [2.05, 4.69) is 12.6 Å². The van der Waals surface area contributed by atoms with E-state index >= 15 is 0 Å². The Hall–Kier alpha value is -1.89. The molecular formula is C13H18O6S. The molecule has 0 heterocycles. The SMILES string of the molecule is COc1ccc(OC)cc1.O=C(O)CC(S)CC(=O)O. The lowest BCUT2D eigenvalue weighted by Crippen LogP contribution is -2.11. The van der Waals surface area contributed by atoms with Crippen molar-refractivity contribution in [3.8, 4) is 11.5 Å². The summed E-state index contributed by atoms with van der Waals surface area (Å²) in [6.45, 7) is 0. The maximum Gasteiger partial charge on any atom is 0.304 e. The molecule has 2 N–H and O–H groups in total. The molecule has 1 aromatic rings. The van der Waals surface area contributed by atoms with Gasteiger partial charge in [-0.15, -0.1) is 0 Å². The first-order chi connectivity index (χ1) is 9.38. The first kappa shape index (κ1) is 18.1. The van der Waals surface area contributed by atoms with Gasteiger partial charge in [-0.05, 0) is 24.3 Å². The fraction of sp³-hybridized carbons (Fsp3) is 0.385. The molecule has 7 heteroatoms. The van der Waals surface area contributed by atoms with E-state index in [0.717, 1.165) is 11.5 Å². The van der Waals surface area contributed by atoms with Crippen molar-refractivity contribution in [1.82, 2.24) is 0 Å². The Labute approximate surface area is 122 Å². The quantitative estimate of drug-likeness (QED) is 0.695. The number of benzene rings is 1. The van der Waals surface area contributed by atoms with Crippen LogP contribution in [0.5, 0.6) is 11.5 Å². The lowest BCUT2D eigenvalue weighted by molar-refractivity contribution is -0.138. The van der Waals surface area contributed by atoms with Gasteiger partial charge < -0.3 is 19.7 Å². The Kier molecular flexibility index (Phi) is 9.02. The molecular weight excluding hydrogens is 284 g/mol. The van der Waals surface area contributed by atoms with E-state index in [1.165, 1.54) is 0 Å². The second-order valence-corrected chi connectivity index (χ2v) is 4.46. The summed E-state index contributed by atoms with van der Waals surface area (Å²) in [6, 6.07) is 7.44. The number of ether oxygens (including phenoxy) is 2. The first-order valence-electron chi connectivity index (χ1n) is 5.68. The molecule has 0 fully saturated rings. The van der Waals surface area contributed by atoms with Gasteiger partial charge in [-0.3, -0.25) is 9.59 Å². The summed E-state index contributed by atoms with van der Waals surface area (Å²) >= 11 is 3.75. The highest BCUT2D eigenvalue weighted by Crippen LogP contribution is 2.15. The van der Waals surface area contributed by atoms with Gasteiger partial charge in [0.1, 0.15) is 11.5 Å². The molecule has 1 rings (SSSR count). The van der Waals surface area contributed by atoms with Gasteiger partial charge in [0.2, 0.25) is 0 Å². The molecule has 0 saturated heterocycles. The largest absolute Gasteiger partial charge is 0.497 e. The number of rotatable bonds is 6. The number of carboxylic acids is 2. The van der Waals surface area contributed by atoms with Crippen LogP contribution in [0.15, 0.2) is 24.3 Å². The van der Waals surface area contributed by atoms with Crippen LogP contribution in [-0.4, -0.2) is 41.6 Å². The Balaban J connectivity index is 0.000000361. The molecule has 0 amide bonds. The van der Waals surface area contributed by atoms with E-state index in [0.29, 0.717) is 0 Å². The predicted molar refractivity (Wildman–Crippen MR) is 76.8 cm³/mol. The highest BCUT2D eigenvalue weighted by molar-refractivity contribution is 7.81. The van der Waals surface area contributed by atoms with Gasteiger partial charge in [0, 0.05) is 5.25 Å². The Morgan fingerprint density at radius 2 is 1.30 bits per heavy atom. The van der Waals surface area contributed by atoms with Crippen molar-refractivity contribution >= 4 is 24.6 Å².